The lowest BCUT2D eigenvalue weighted by Crippen LogP contribution is -2.17. The Labute approximate surface area is 102 Å². The molecule has 2 rings (SSSR count). The minimum atomic E-state index is -4.34. The molecule has 0 bridgehead atoms. The molecule has 17 heavy (non-hydrogen) atoms. The van der Waals surface area contributed by atoms with E-state index >= 15 is 0 Å². The molecule has 0 spiro atoms. The van der Waals surface area contributed by atoms with Gasteiger partial charge in [-0.15, -0.1) is 11.6 Å². The van der Waals surface area contributed by atoms with Crippen LogP contribution in [0, 0.1) is 5.92 Å². The van der Waals surface area contributed by atoms with Gasteiger partial charge in [0.15, 0.2) is 0 Å². The Bertz CT molecular complexity index is 391. The lowest BCUT2D eigenvalue weighted by molar-refractivity contribution is -0.137. The molecule has 94 valence electrons. The first-order valence-electron chi connectivity index (χ1n) is 5.38. The molecule has 1 unspecified atom stereocenters. The lowest BCUT2D eigenvalue weighted by atomic mass is 10.2. The number of hydrogen-bond donors (Lipinski definition) is 1. The number of aromatic nitrogens is 1. The zero-order valence-electron chi connectivity index (χ0n) is 8.97. The van der Waals surface area contributed by atoms with Gasteiger partial charge >= 0.3 is 6.18 Å². The molecule has 1 fully saturated rings. The average molecular weight is 265 g/mol. The van der Waals surface area contributed by atoms with Crippen LogP contribution in [0.4, 0.5) is 19.0 Å². The highest BCUT2D eigenvalue weighted by Crippen LogP contribution is 2.35. The highest BCUT2D eigenvalue weighted by Gasteiger charge is 2.31. The summed E-state index contributed by atoms with van der Waals surface area (Å²) >= 11 is 6.05. The number of hydrogen-bond acceptors (Lipinski definition) is 2. The Hall–Kier alpha value is -0.970. The maximum Gasteiger partial charge on any atom is 0.416 e. The number of rotatable bonds is 4. The van der Waals surface area contributed by atoms with Crippen molar-refractivity contribution in [3.05, 3.63) is 23.9 Å². The van der Waals surface area contributed by atoms with Gasteiger partial charge in [-0.1, -0.05) is 0 Å². The predicted molar refractivity (Wildman–Crippen MR) is 60.1 cm³/mol. The van der Waals surface area contributed by atoms with E-state index in [0.29, 0.717) is 12.5 Å². The number of alkyl halides is 4. The van der Waals surface area contributed by atoms with Crippen molar-refractivity contribution in [3.8, 4) is 0 Å². The smallest absolute Gasteiger partial charge is 0.369 e. The summed E-state index contributed by atoms with van der Waals surface area (Å²) in [4.78, 5) is 3.83. The standard InChI is InChI=1S/C11H12ClF3N2/c12-9(7-1-2-7)6-17-10-5-8(3-4-16-10)11(13,14)15/h3-5,7,9H,1-2,6H2,(H,16,17). The Morgan fingerprint density at radius 3 is 2.76 bits per heavy atom. The van der Waals surface area contributed by atoms with Crippen molar-refractivity contribution in [2.75, 3.05) is 11.9 Å². The minimum absolute atomic E-state index is 0.0358. The van der Waals surface area contributed by atoms with Gasteiger partial charge in [-0.3, -0.25) is 0 Å². The highest BCUT2D eigenvalue weighted by molar-refractivity contribution is 6.21. The molecule has 6 heteroatoms. The predicted octanol–water partition coefficient (Wildman–Crippen LogP) is 3.53. The van der Waals surface area contributed by atoms with Gasteiger partial charge in [-0.25, -0.2) is 4.98 Å². The van der Waals surface area contributed by atoms with E-state index in [9.17, 15) is 13.2 Å². The molecule has 1 N–H and O–H groups in total. The third kappa shape index (κ3) is 3.49. The molecule has 0 aliphatic heterocycles. The van der Waals surface area contributed by atoms with Crippen LogP contribution < -0.4 is 5.32 Å². The largest absolute Gasteiger partial charge is 0.416 e. The second-order valence-electron chi connectivity index (χ2n) is 4.16. The number of nitrogens with zero attached hydrogens (tertiary/aromatic N) is 1. The van der Waals surface area contributed by atoms with Gasteiger partial charge in [0.2, 0.25) is 0 Å². The number of pyridine rings is 1. The van der Waals surface area contributed by atoms with Crippen LogP contribution in [-0.4, -0.2) is 16.9 Å². The van der Waals surface area contributed by atoms with Crippen molar-refractivity contribution >= 4 is 17.4 Å². The number of anilines is 1. The maximum atomic E-state index is 12.4. The average Bonchev–Trinajstić information content (AvgIpc) is 3.09. The van der Waals surface area contributed by atoms with Crippen molar-refractivity contribution in [2.24, 2.45) is 5.92 Å². The van der Waals surface area contributed by atoms with E-state index in [-0.39, 0.29) is 11.2 Å². The Balaban J connectivity index is 1.96. The van der Waals surface area contributed by atoms with Gasteiger partial charge < -0.3 is 5.32 Å². The first-order valence-corrected chi connectivity index (χ1v) is 5.81. The zero-order chi connectivity index (χ0) is 12.5. The summed E-state index contributed by atoms with van der Waals surface area (Å²) in [5.41, 5.74) is -0.701. The van der Waals surface area contributed by atoms with Gasteiger partial charge in [0.1, 0.15) is 5.82 Å². The van der Waals surface area contributed by atoms with Crippen LogP contribution in [0.1, 0.15) is 18.4 Å². The highest BCUT2D eigenvalue weighted by atomic mass is 35.5. The van der Waals surface area contributed by atoms with Crippen molar-refractivity contribution in [1.82, 2.24) is 4.98 Å². The van der Waals surface area contributed by atoms with E-state index in [4.69, 9.17) is 11.6 Å². The molecular weight excluding hydrogens is 253 g/mol. The lowest BCUT2D eigenvalue weighted by Gasteiger charge is -2.12. The van der Waals surface area contributed by atoms with E-state index in [1.165, 1.54) is 0 Å². The zero-order valence-corrected chi connectivity index (χ0v) is 9.72. The van der Waals surface area contributed by atoms with Gasteiger partial charge in [0, 0.05) is 12.7 Å². The monoisotopic (exact) mass is 264 g/mol. The van der Waals surface area contributed by atoms with Crippen LogP contribution in [0.3, 0.4) is 0 Å². The second kappa shape index (κ2) is 4.72. The number of halogens is 4. The first-order chi connectivity index (χ1) is 7.97. The van der Waals surface area contributed by atoms with Crippen LogP contribution in [0.5, 0.6) is 0 Å². The van der Waals surface area contributed by atoms with E-state index in [0.717, 1.165) is 31.2 Å². The molecule has 0 aromatic carbocycles. The van der Waals surface area contributed by atoms with E-state index < -0.39 is 11.7 Å². The fourth-order valence-electron chi connectivity index (χ4n) is 1.53. The van der Waals surface area contributed by atoms with E-state index in [1.807, 2.05) is 0 Å². The molecule has 1 saturated carbocycles. The van der Waals surface area contributed by atoms with Crippen molar-refractivity contribution in [2.45, 2.75) is 24.4 Å². The van der Waals surface area contributed by atoms with Crippen LogP contribution >= 0.6 is 11.6 Å². The van der Waals surface area contributed by atoms with Crippen LogP contribution in [0.15, 0.2) is 18.3 Å². The second-order valence-corrected chi connectivity index (χ2v) is 4.72. The summed E-state index contributed by atoms with van der Waals surface area (Å²) in [5, 5.41) is 2.80. The summed E-state index contributed by atoms with van der Waals surface area (Å²) in [7, 11) is 0. The summed E-state index contributed by atoms with van der Waals surface area (Å²) < 4.78 is 37.3. The van der Waals surface area contributed by atoms with Crippen molar-refractivity contribution in [3.63, 3.8) is 0 Å². The fourth-order valence-corrected chi connectivity index (χ4v) is 1.86. The van der Waals surface area contributed by atoms with Crippen LogP contribution in [-0.2, 0) is 6.18 Å². The summed E-state index contributed by atoms with van der Waals surface area (Å²) in [6, 6.07) is 1.95. The van der Waals surface area contributed by atoms with Gasteiger partial charge in [-0.05, 0) is 30.9 Å². The van der Waals surface area contributed by atoms with Crippen LogP contribution in [0.25, 0.3) is 0 Å². The molecule has 0 radical (unpaired) electrons. The molecule has 1 aliphatic rings. The van der Waals surface area contributed by atoms with E-state index in [1.54, 1.807) is 0 Å². The number of nitrogens with one attached hydrogen (secondary N) is 1. The molecule has 0 amide bonds. The molecule has 1 aromatic rings. The fraction of sp³-hybridized carbons (Fsp3) is 0.545. The molecule has 2 nitrogen and oxygen atoms in total. The SMILES string of the molecule is FC(F)(F)c1ccnc(NCC(Cl)C2CC2)c1. The molecule has 1 atom stereocenters. The Morgan fingerprint density at radius 2 is 2.18 bits per heavy atom. The summed E-state index contributed by atoms with van der Waals surface area (Å²) in [6.45, 7) is 0.445. The normalized spacial score (nSPS) is 17.9. The minimum Gasteiger partial charge on any atom is -0.369 e. The molecule has 1 aliphatic carbocycles. The van der Waals surface area contributed by atoms with Crippen LogP contribution in [0.2, 0.25) is 0 Å². The quantitative estimate of drug-likeness (QED) is 0.842. The molecule has 1 heterocycles. The molecule has 1 aromatic heterocycles. The maximum absolute atomic E-state index is 12.4. The molecular formula is C11H12ClF3N2. The Kier molecular flexibility index (Phi) is 3.47. The van der Waals surface area contributed by atoms with Gasteiger partial charge in [0.25, 0.3) is 0 Å². The topological polar surface area (TPSA) is 24.9 Å². The van der Waals surface area contributed by atoms with E-state index in [2.05, 4.69) is 10.3 Å². The Morgan fingerprint density at radius 1 is 1.47 bits per heavy atom. The van der Waals surface area contributed by atoms with Crippen molar-refractivity contribution in [1.29, 1.82) is 0 Å². The summed E-state index contributed by atoms with van der Waals surface area (Å²) in [6.07, 6.45) is -0.987. The third-order valence-electron chi connectivity index (χ3n) is 2.70. The summed E-state index contributed by atoms with van der Waals surface area (Å²) in [5.74, 6) is 0.709. The van der Waals surface area contributed by atoms with Gasteiger partial charge in [0.05, 0.1) is 10.9 Å². The first kappa shape index (κ1) is 12.5. The van der Waals surface area contributed by atoms with Crippen molar-refractivity contribution < 1.29 is 13.2 Å². The third-order valence-corrected chi connectivity index (χ3v) is 3.21. The molecule has 0 saturated heterocycles. The van der Waals surface area contributed by atoms with Gasteiger partial charge in [-0.2, -0.15) is 13.2 Å².